The lowest BCUT2D eigenvalue weighted by atomic mass is 9.84. The average Bonchev–Trinajstić information content (AvgIpc) is 2.45. The number of rotatable bonds is 4. The Morgan fingerprint density at radius 1 is 1.11 bits per heavy atom. The quantitative estimate of drug-likeness (QED) is 0.784. The maximum atomic E-state index is 12.9. The molecule has 0 radical (unpaired) electrons. The van der Waals surface area contributed by atoms with Gasteiger partial charge in [-0.2, -0.15) is 0 Å². The lowest BCUT2D eigenvalue weighted by Crippen LogP contribution is -2.43. The van der Waals surface area contributed by atoms with Crippen LogP contribution in [0.3, 0.4) is 0 Å². The van der Waals surface area contributed by atoms with Crippen LogP contribution in [0.2, 0.25) is 44.8 Å². The number of allylic oxidation sites excluding steroid dienone is 1. The molecule has 0 bridgehead atoms. The fraction of sp³-hybridized carbons (Fsp3) is 0.786. The van der Waals surface area contributed by atoms with Crippen molar-refractivity contribution in [3.63, 3.8) is 0 Å². The number of ketones is 1. The highest BCUT2D eigenvalue weighted by Crippen LogP contribution is 2.54. The highest BCUT2D eigenvalue weighted by Gasteiger charge is 2.56. The van der Waals surface area contributed by atoms with Gasteiger partial charge in [-0.15, -0.1) is 0 Å². The molecule has 0 saturated heterocycles. The van der Waals surface area contributed by atoms with E-state index in [4.69, 9.17) is 0 Å². The topological polar surface area (TPSA) is 57.5 Å². The van der Waals surface area contributed by atoms with Crippen LogP contribution in [0.25, 0.3) is 0 Å². The third-order valence-electron chi connectivity index (χ3n) is 4.24. The Hall–Kier alpha value is -0.236. The summed E-state index contributed by atoms with van der Waals surface area (Å²) in [5.41, 5.74) is 0.131. The lowest BCUT2D eigenvalue weighted by molar-refractivity contribution is -0.116. The third kappa shape index (κ3) is 2.66. The molecule has 1 rings (SSSR count). The predicted octanol–water partition coefficient (Wildman–Crippen LogP) is 2.44. The minimum atomic E-state index is -1.82. The lowest BCUT2D eigenvalue weighted by Gasteiger charge is -2.38. The van der Waals surface area contributed by atoms with Crippen LogP contribution in [0.4, 0.5) is 0 Å². The highest BCUT2D eigenvalue weighted by molar-refractivity contribution is 6.90. The van der Waals surface area contributed by atoms with Crippen molar-refractivity contribution in [2.45, 2.75) is 51.7 Å². The summed E-state index contributed by atoms with van der Waals surface area (Å²) in [6.45, 7) is 14.7. The predicted molar refractivity (Wildman–Crippen MR) is 84.8 cm³/mol. The molecule has 0 spiro atoms. The van der Waals surface area contributed by atoms with E-state index in [1.54, 1.807) is 0 Å². The minimum absolute atomic E-state index is 0.0580. The molecule has 1 aliphatic rings. The van der Waals surface area contributed by atoms with Crippen LogP contribution in [0.15, 0.2) is 10.8 Å². The number of carbonyl (C=O) groups excluding carboxylic acids is 1. The molecule has 0 aromatic rings. The second kappa shape index (κ2) is 4.95. The van der Waals surface area contributed by atoms with Crippen molar-refractivity contribution in [1.82, 2.24) is 0 Å². The van der Waals surface area contributed by atoms with Crippen LogP contribution in [0.1, 0.15) is 6.92 Å². The maximum absolute atomic E-state index is 12.9. The first-order valence-corrected chi connectivity index (χ1v) is 14.0. The van der Waals surface area contributed by atoms with E-state index in [1.165, 1.54) is 0 Å². The first-order valence-electron chi connectivity index (χ1n) is 6.91. The van der Waals surface area contributed by atoms with Gasteiger partial charge in [0.15, 0.2) is 5.78 Å². The van der Waals surface area contributed by atoms with Gasteiger partial charge in [-0.1, -0.05) is 46.2 Å². The molecule has 19 heavy (non-hydrogen) atoms. The second-order valence-electron chi connectivity index (χ2n) is 8.00. The summed E-state index contributed by atoms with van der Waals surface area (Å²) >= 11 is 0. The molecule has 0 heterocycles. The summed E-state index contributed by atoms with van der Waals surface area (Å²) in [5, 5.41) is 20.6. The minimum Gasteiger partial charge on any atom is -0.395 e. The first kappa shape index (κ1) is 16.8. The molecular formula is C14H28O3Si2. The number of hydrogen-bond donors (Lipinski definition) is 2. The van der Waals surface area contributed by atoms with Gasteiger partial charge in [-0.25, -0.2) is 0 Å². The van der Waals surface area contributed by atoms with Gasteiger partial charge in [0.2, 0.25) is 0 Å². The van der Waals surface area contributed by atoms with Crippen molar-refractivity contribution >= 4 is 21.9 Å². The van der Waals surface area contributed by atoms with Crippen LogP contribution < -0.4 is 0 Å². The molecule has 0 aliphatic heterocycles. The van der Waals surface area contributed by atoms with Gasteiger partial charge in [0.05, 0.1) is 29.4 Å². The van der Waals surface area contributed by atoms with Gasteiger partial charge < -0.3 is 10.2 Å². The SMILES string of the molecule is CC1(CO)C(CO)=C([Si](C)(C)C)C(=O)C1[Si](C)(C)C. The second-order valence-corrected chi connectivity index (χ2v) is 18.3. The monoisotopic (exact) mass is 300 g/mol. The molecular weight excluding hydrogens is 272 g/mol. The van der Waals surface area contributed by atoms with E-state index in [0.717, 1.165) is 10.8 Å². The molecule has 110 valence electrons. The van der Waals surface area contributed by atoms with Crippen LogP contribution in [0, 0.1) is 5.41 Å². The summed E-state index contributed by atoms with van der Waals surface area (Å²) in [6, 6.07) is 0. The number of aliphatic hydroxyl groups is 2. The van der Waals surface area contributed by atoms with Crippen molar-refractivity contribution in [2.75, 3.05) is 13.2 Å². The number of aliphatic hydroxyl groups excluding tert-OH is 2. The van der Waals surface area contributed by atoms with Crippen LogP contribution in [-0.4, -0.2) is 45.4 Å². The van der Waals surface area contributed by atoms with E-state index >= 15 is 0 Å². The van der Waals surface area contributed by atoms with Crippen molar-refractivity contribution in [1.29, 1.82) is 0 Å². The first-order chi connectivity index (χ1) is 8.41. The smallest absolute Gasteiger partial charge is 0.156 e. The van der Waals surface area contributed by atoms with Crippen LogP contribution in [0.5, 0.6) is 0 Å². The summed E-state index contributed by atoms with van der Waals surface area (Å²) < 4.78 is 0. The Balaban J connectivity index is 3.55. The van der Waals surface area contributed by atoms with Crippen LogP contribution >= 0.6 is 0 Å². The van der Waals surface area contributed by atoms with E-state index in [9.17, 15) is 15.0 Å². The third-order valence-corrected chi connectivity index (χ3v) is 8.92. The molecule has 0 amide bonds. The number of hydrogen-bond acceptors (Lipinski definition) is 3. The van der Waals surface area contributed by atoms with E-state index in [0.29, 0.717) is 0 Å². The van der Waals surface area contributed by atoms with E-state index < -0.39 is 21.6 Å². The number of carbonyl (C=O) groups is 1. The zero-order chi connectivity index (χ0) is 15.2. The Kier molecular flexibility index (Phi) is 4.38. The van der Waals surface area contributed by atoms with Gasteiger partial charge in [-0.05, 0) is 10.8 Å². The van der Waals surface area contributed by atoms with Crippen LogP contribution in [-0.2, 0) is 4.79 Å². The maximum Gasteiger partial charge on any atom is 0.156 e. The zero-order valence-electron chi connectivity index (χ0n) is 13.3. The normalized spacial score (nSPS) is 29.3. The molecule has 2 atom stereocenters. The summed E-state index contributed by atoms with van der Waals surface area (Å²) in [7, 11) is -3.58. The molecule has 2 unspecified atom stereocenters. The molecule has 2 N–H and O–H groups in total. The van der Waals surface area contributed by atoms with Crippen molar-refractivity contribution < 1.29 is 15.0 Å². The fourth-order valence-electron chi connectivity index (χ4n) is 3.66. The molecule has 0 fully saturated rings. The zero-order valence-corrected chi connectivity index (χ0v) is 15.3. The standard InChI is InChI=1S/C14H28O3Si2/c1-14(9-16)10(8-15)12(18(2,3)4)11(17)13(14)19(5,6)7/h13,15-16H,8-9H2,1-7H3. The molecule has 0 aromatic carbocycles. The molecule has 0 aromatic heterocycles. The van der Waals surface area contributed by atoms with Gasteiger partial charge in [0.25, 0.3) is 0 Å². The van der Waals surface area contributed by atoms with Gasteiger partial charge >= 0.3 is 0 Å². The van der Waals surface area contributed by atoms with Gasteiger partial charge in [-0.3, -0.25) is 4.79 Å². The van der Waals surface area contributed by atoms with Gasteiger partial charge in [0, 0.05) is 11.0 Å². The largest absolute Gasteiger partial charge is 0.395 e. The fourth-order valence-corrected chi connectivity index (χ4v) is 9.07. The average molecular weight is 301 g/mol. The summed E-state index contributed by atoms with van der Waals surface area (Å²) in [6.07, 6.45) is 0. The summed E-state index contributed by atoms with van der Waals surface area (Å²) in [4.78, 5) is 12.9. The van der Waals surface area contributed by atoms with E-state index in [1.807, 2.05) is 6.92 Å². The molecule has 1 aliphatic carbocycles. The molecule has 5 heteroatoms. The number of Topliss-reactive ketones (excluding diaryl/α,β-unsaturated/α-hetero) is 1. The Labute approximate surface area is 118 Å². The Morgan fingerprint density at radius 3 is 1.84 bits per heavy atom. The highest BCUT2D eigenvalue weighted by atomic mass is 28.3. The summed E-state index contributed by atoms with van der Waals surface area (Å²) in [5.74, 6) is 0.207. The van der Waals surface area contributed by atoms with Crippen molar-refractivity contribution in [3.05, 3.63) is 10.8 Å². The Morgan fingerprint density at radius 2 is 1.58 bits per heavy atom. The van der Waals surface area contributed by atoms with Gasteiger partial charge in [0.1, 0.15) is 0 Å². The van der Waals surface area contributed by atoms with Crippen molar-refractivity contribution in [3.8, 4) is 0 Å². The van der Waals surface area contributed by atoms with E-state index in [2.05, 4.69) is 39.3 Å². The van der Waals surface area contributed by atoms with Crippen molar-refractivity contribution in [2.24, 2.45) is 5.41 Å². The molecule has 0 saturated carbocycles. The molecule has 3 nitrogen and oxygen atoms in total. The Bertz CT molecular complexity index is 415. The van der Waals surface area contributed by atoms with E-state index in [-0.39, 0.29) is 24.5 Å².